The van der Waals surface area contributed by atoms with Crippen LogP contribution in [0.2, 0.25) is 0 Å². The van der Waals surface area contributed by atoms with Gasteiger partial charge >= 0.3 is 0 Å². The van der Waals surface area contributed by atoms with Gasteiger partial charge in [0.05, 0.1) is 22.1 Å². The first-order valence-electron chi connectivity index (χ1n) is 16.8. The van der Waals surface area contributed by atoms with Crippen molar-refractivity contribution in [2.45, 2.75) is 20.8 Å². The van der Waals surface area contributed by atoms with Crippen LogP contribution in [-0.4, -0.2) is 15.8 Å². The Morgan fingerprint density at radius 3 is 1.02 bits per heavy atom. The SMILES string of the molecule is Cc1cc(C)c(B(c2ccc(-n3c4ccccc4c4ccccc43)cc2)c2ccc(-n3c4ccccc4c4ccccc43)cc2)c(C)c1. The number of aryl methyl sites for hydroxylation is 3. The Balaban J connectivity index is 1.19. The van der Waals surface area contributed by atoms with Gasteiger partial charge in [-0.15, -0.1) is 0 Å². The number of para-hydroxylation sites is 4. The minimum absolute atomic E-state index is 0.102. The molecular weight excluding hydrogens is 579 g/mol. The average molecular weight is 615 g/mol. The van der Waals surface area contributed by atoms with E-state index in [2.05, 4.69) is 188 Å². The predicted molar refractivity (Wildman–Crippen MR) is 207 cm³/mol. The van der Waals surface area contributed by atoms with E-state index >= 15 is 0 Å². The van der Waals surface area contributed by atoms with Gasteiger partial charge in [-0.2, -0.15) is 0 Å². The maximum atomic E-state index is 2.40. The van der Waals surface area contributed by atoms with Crippen LogP contribution < -0.4 is 16.4 Å². The molecule has 3 heteroatoms. The summed E-state index contributed by atoms with van der Waals surface area (Å²) in [7, 11) is 0. The predicted octanol–water partition coefficient (Wildman–Crippen LogP) is 9.32. The Kier molecular flexibility index (Phi) is 6.62. The maximum absolute atomic E-state index is 2.40. The summed E-state index contributed by atoms with van der Waals surface area (Å²) in [6.45, 7) is 6.83. The fraction of sp³-hybridized carbons (Fsp3) is 0.0667. The van der Waals surface area contributed by atoms with Gasteiger partial charge < -0.3 is 9.13 Å². The molecule has 0 atom stereocenters. The Morgan fingerprint density at radius 2 is 0.688 bits per heavy atom. The molecule has 0 fully saturated rings. The van der Waals surface area contributed by atoms with Crippen LogP contribution in [0.3, 0.4) is 0 Å². The molecule has 0 aliphatic carbocycles. The van der Waals surface area contributed by atoms with Gasteiger partial charge in [-0.1, -0.05) is 142 Å². The van der Waals surface area contributed by atoms with E-state index in [-0.39, 0.29) is 6.71 Å². The van der Waals surface area contributed by atoms with Crippen LogP contribution in [0.15, 0.2) is 158 Å². The van der Waals surface area contributed by atoms with Crippen LogP contribution in [0.25, 0.3) is 55.0 Å². The second-order valence-electron chi connectivity index (χ2n) is 13.2. The highest BCUT2D eigenvalue weighted by molar-refractivity contribution is 6.96. The Morgan fingerprint density at radius 1 is 0.375 bits per heavy atom. The van der Waals surface area contributed by atoms with Gasteiger partial charge in [0, 0.05) is 32.9 Å². The monoisotopic (exact) mass is 614 g/mol. The van der Waals surface area contributed by atoms with E-state index in [4.69, 9.17) is 0 Å². The molecular formula is C45H35BN2. The molecule has 0 N–H and O–H groups in total. The zero-order chi connectivity index (χ0) is 32.4. The Hall–Kier alpha value is -5.80. The third-order valence-electron chi connectivity index (χ3n) is 10.2. The molecule has 48 heavy (non-hydrogen) atoms. The lowest BCUT2D eigenvalue weighted by Gasteiger charge is -2.22. The van der Waals surface area contributed by atoms with Crippen molar-refractivity contribution in [2.24, 2.45) is 0 Å². The summed E-state index contributed by atoms with van der Waals surface area (Å²) in [6, 6.07) is 58.1. The van der Waals surface area contributed by atoms with Gasteiger partial charge in [0.1, 0.15) is 0 Å². The molecule has 0 aliphatic heterocycles. The van der Waals surface area contributed by atoms with Crippen LogP contribution in [0.4, 0.5) is 0 Å². The minimum Gasteiger partial charge on any atom is -0.309 e. The molecule has 0 spiro atoms. The van der Waals surface area contributed by atoms with E-state index in [0.717, 1.165) is 0 Å². The first kappa shape index (κ1) is 28.4. The third-order valence-corrected chi connectivity index (χ3v) is 10.2. The van der Waals surface area contributed by atoms with Gasteiger partial charge in [0.25, 0.3) is 0 Å². The average Bonchev–Trinajstić information content (AvgIpc) is 3.63. The molecule has 9 aromatic rings. The summed E-state index contributed by atoms with van der Waals surface area (Å²) in [5, 5.41) is 5.13. The van der Waals surface area contributed by atoms with Crippen molar-refractivity contribution in [1.29, 1.82) is 0 Å². The number of rotatable bonds is 5. The van der Waals surface area contributed by atoms with Crippen molar-refractivity contribution >= 4 is 66.7 Å². The lowest BCUT2D eigenvalue weighted by molar-refractivity contribution is 1.18. The molecule has 0 unspecified atom stereocenters. The number of hydrogen-bond donors (Lipinski definition) is 0. The zero-order valence-corrected chi connectivity index (χ0v) is 27.5. The molecule has 0 saturated carbocycles. The smallest absolute Gasteiger partial charge is 0.241 e. The summed E-state index contributed by atoms with van der Waals surface area (Å²) in [6.07, 6.45) is 0. The summed E-state index contributed by atoms with van der Waals surface area (Å²) < 4.78 is 4.79. The highest BCUT2D eigenvalue weighted by Crippen LogP contribution is 2.33. The Labute approximate surface area is 281 Å². The largest absolute Gasteiger partial charge is 0.309 e. The number of nitrogens with zero attached hydrogens (tertiary/aromatic N) is 2. The topological polar surface area (TPSA) is 9.86 Å². The molecule has 9 rings (SSSR count). The first-order valence-corrected chi connectivity index (χ1v) is 16.8. The van der Waals surface area contributed by atoms with Crippen LogP contribution in [-0.2, 0) is 0 Å². The van der Waals surface area contributed by atoms with Crippen LogP contribution in [0.1, 0.15) is 16.7 Å². The molecule has 2 heterocycles. The molecule has 0 aliphatic rings. The van der Waals surface area contributed by atoms with E-state index in [1.54, 1.807) is 0 Å². The van der Waals surface area contributed by atoms with Crippen molar-refractivity contribution in [3.8, 4) is 11.4 Å². The molecule has 228 valence electrons. The van der Waals surface area contributed by atoms with Crippen molar-refractivity contribution in [1.82, 2.24) is 9.13 Å². The molecule has 2 nitrogen and oxygen atoms in total. The van der Waals surface area contributed by atoms with Crippen molar-refractivity contribution in [2.75, 3.05) is 0 Å². The molecule has 2 aromatic heterocycles. The number of aromatic nitrogens is 2. The second-order valence-corrected chi connectivity index (χ2v) is 13.2. The summed E-state index contributed by atoms with van der Waals surface area (Å²) >= 11 is 0. The third kappa shape index (κ3) is 4.42. The van der Waals surface area contributed by atoms with Crippen molar-refractivity contribution in [3.05, 3.63) is 174 Å². The molecule has 0 radical (unpaired) electrons. The maximum Gasteiger partial charge on any atom is 0.241 e. The summed E-state index contributed by atoms with van der Waals surface area (Å²) in [5.41, 5.74) is 15.2. The zero-order valence-electron chi connectivity index (χ0n) is 27.5. The molecule has 0 amide bonds. The molecule has 0 saturated heterocycles. The van der Waals surface area contributed by atoms with Gasteiger partial charge in [0.15, 0.2) is 0 Å². The highest BCUT2D eigenvalue weighted by Gasteiger charge is 2.26. The number of fused-ring (bicyclic) bond motifs is 6. The fourth-order valence-corrected chi connectivity index (χ4v) is 8.21. The lowest BCUT2D eigenvalue weighted by atomic mass is 9.35. The summed E-state index contributed by atoms with van der Waals surface area (Å²) in [4.78, 5) is 0. The second kappa shape index (κ2) is 11.2. The first-order chi connectivity index (χ1) is 23.6. The van der Waals surface area contributed by atoms with Crippen LogP contribution >= 0.6 is 0 Å². The van der Waals surface area contributed by atoms with Gasteiger partial charge in [0.2, 0.25) is 6.71 Å². The fourth-order valence-electron chi connectivity index (χ4n) is 8.21. The number of benzene rings is 7. The number of hydrogen-bond acceptors (Lipinski definition) is 0. The summed E-state index contributed by atoms with van der Waals surface area (Å²) in [5.74, 6) is 0. The van der Waals surface area contributed by atoms with Crippen molar-refractivity contribution in [3.63, 3.8) is 0 Å². The van der Waals surface area contributed by atoms with Gasteiger partial charge in [-0.25, -0.2) is 0 Å². The standard InChI is InChI=1S/C45H35BN2/c1-30-28-31(2)45(32(3)29-30)46(33-20-24-35(25-21-33)47-41-16-8-4-12-37(41)38-13-5-9-17-42(38)47)34-22-26-36(27-23-34)48-43-18-10-6-14-39(43)40-15-7-11-19-44(40)48/h4-29H,1-3H3. The Bertz CT molecular complexity index is 2350. The lowest BCUT2D eigenvalue weighted by Crippen LogP contribution is -2.54. The van der Waals surface area contributed by atoms with E-state index in [1.165, 1.54) is 88.1 Å². The van der Waals surface area contributed by atoms with E-state index in [9.17, 15) is 0 Å². The van der Waals surface area contributed by atoms with E-state index in [1.807, 2.05) is 0 Å². The van der Waals surface area contributed by atoms with Crippen LogP contribution in [0.5, 0.6) is 0 Å². The van der Waals surface area contributed by atoms with Gasteiger partial charge in [-0.3, -0.25) is 0 Å². The van der Waals surface area contributed by atoms with Crippen LogP contribution in [0, 0.1) is 20.8 Å². The normalized spacial score (nSPS) is 11.6. The van der Waals surface area contributed by atoms with E-state index in [0.29, 0.717) is 0 Å². The minimum atomic E-state index is 0.102. The highest BCUT2D eigenvalue weighted by atomic mass is 15.0. The van der Waals surface area contributed by atoms with Gasteiger partial charge in [-0.05, 0) is 69.3 Å². The molecule has 7 aromatic carbocycles. The quantitative estimate of drug-likeness (QED) is 0.171. The molecule has 0 bridgehead atoms. The van der Waals surface area contributed by atoms with Crippen molar-refractivity contribution < 1.29 is 0 Å². The van der Waals surface area contributed by atoms with E-state index < -0.39 is 0 Å².